The minimum atomic E-state index is -4.69. The molecule has 0 fully saturated rings. The molecule has 1 atom stereocenters. The Morgan fingerprint density at radius 1 is 1.15 bits per heavy atom. The van der Waals surface area contributed by atoms with E-state index in [9.17, 15) is 26.4 Å². The molecule has 2 N–H and O–H groups in total. The van der Waals surface area contributed by atoms with Gasteiger partial charge >= 0.3 is 6.18 Å². The van der Waals surface area contributed by atoms with Crippen molar-refractivity contribution in [3.05, 3.63) is 64.7 Å². The van der Waals surface area contributed by atoms with Crippen LogP contribution in [-0.4, -0.2) is 27.0 Å². The highest BCUT2D eigenvalue weighted by Gasteiger charge is 2.30. The lowest BCUT2D eigenvalue weighted by Crippen LogP contribution is -2.34. The molecule has 0 saturated heterocycles. The summed E-state index contributed by atoms with van der Waals surface area (Å²) in [4.78, 5) is 11.9. The van der Waals surface area contributed by atoms with Gasteiger partial charge in [0.2, 0.25) is 10.0 Å². The summed E-state index contributed by atoms with van der Waals surface area (Å²) in [6, 6.07) is 11.2. The van der Waals surface area contributed by atoms with E-state index in [1.54, 1.807) is 31.2 Å². The third-order valence-corrected chi connectivity index (χ3v) is 5.33. The number of halogens is 4. The molecule has 0 radical (unpaired) electrons. The molecule has 5 nitrogen and oxygen atoms in total. The van der Waals surface area contributed by atoms with Crippen molar-refractivity contribution in [3.8, 4) is 0 Å². The lowest BCUT2D eigenvalue weighted by atomic mass is 10.1. The number of carbonyl (C=O) groups is 1. The molecular weight excluding hydrogens is 405 g/mol. The van der Waals surface area contributed by atoms with E-state index in [-0.39, 0.29) is 5.56 Å². The van der Waals surface area contributed by atoms with E-state index in [0.717, 1.165) is 12.1 Å². The molecule has 27 heavy (non-hydrogen) atoms. The van der Waals surface area contributed by atoms with Crippen LogP contribution in [0.2, 0.25) is 5.02 Å². The molecule has 0 aliphatic carbocycles. The van der Waals surface area contributed by atoms with Crippen LogP contribution >= 0.6 is 11.6 Å². The van der Waals surface area contributed by atoms with Gasteiger partial charge in [-0.15, -0.1) is 0 Å². The van der Waals surface area contributed by atoms with Gasteiger partial charge in [0.25, 0.3) is 5.91 Å². The monoisotopic (exact) mass is 420 g/mol. The third kappa shape index (κ3) is 5.95. The predicted octanol–water partition coefficient (Wildman–Crippen LogP) is 3.67. The number of benzene rings is 2. The van der Waals surface area contributed by atoms with Crippen molar-refractivity contribution in [1.29, 1.82) is 0 Å². The maximum absolute atomic E-state index is 12.4. The van der Waals surface area contributed by atoms with Gasteiger partial charge in [-0.2, -0.15) is 13.2 Å². The predicted molar refractivity (Wildman–Crippen MR) is 95.0 cm³/mol. The van der Waals surface area contributed by atoms with E-state index in [4.69, 9.17) is 11.6 Å². The Morgan fingerprint density at radius 3 is 2.44 bits per heavy atom. The van der Waals surface area contributed by atoms with Crippen LogP contribution in [-0.2, 0) is 10.0 Å². The van der Waals surface area contributed by atoms with Gasteiger partial charge in [0.1, 0.15) is 6.54 Å². The summed E-state index contributed by atoms with van der Waals surface area (Å²) in [6.45, 7) is -0.000107. The maximum Gasteiger partial charge on any atom is 0.402 e. The molecular formula is C17H16ClF3N2O3S. The average molecular weight is 421 g/mol. The summed E-state index contributed by atoms with van der Waals surface area (Å²) in [6.07, 6.45) is -4.69. The topological polar surface area (TPSA) is 75.3 Å². The van der Waals surface area contributed by atoms with Crippen LogP contribution < -0.4 is 10.0 Å². The smallest absolute Gasteiger partial charge is 0.345 e. The molecule has 0 aliphatic heterocycles. The summed E-state index contributed by atoms with van der Waals surface area (Å²) in [5.74, 6) is -0.588. The summed E-state index contributed by atoms with van der Waals surface area (Å²) in [5, 5.41) is 3.13. The third-order valence-electron chi connectivity index (χ3n) is 3.59. The first kappa shape index (κ1) is 21.2. The fourth-order valence-corrected chi connectivity index (χ4v) is 3.61. The quantitative estimate of drug-likeness (QED) is 0.748. The van der Waals surface area contributed by atoms with E-state index in [2.05, 4.69) is 5.32 Å². The molecule has 146 valence electrons. The van der Waals surface area contributed by atoms with Gasteiger partial charge in [0, 0.05) is 10.6 Å². The van der Waals surface area contributed by atoms with Gasteiger partial charge < -0.3 is 5.32 Å². The van der Waals surface area contributed by atoms with Crippen LogP contribution in [0.1, 0.15) is 28.9 Å². The van der Waals surface area contributed by atoms with E-state index in [1.165, 1.54) is 16.9 Å². The van der Waals surface area contributed by atoms with Crippen molar-refractivity contribution in [1.82, 2.24) is 10.0 Å². The number of sulfonamides is 1. The van der Waals surface area contributed by atoms with Crippen molar-refractivity contribution < 1.29 is 26.4 Å². The number of rotatable bonds is 6. The largest absolute Gasteiger partial charge is 0.402 e. The Kier molecular flexibility index (Phi) is 6.50. The second-order valence-electron chi connectivity index (χ2n) is 5.68. The highest BCUT2D eigenvalue weighted by Crippen LogP contribution is 2.23. The second-order valence-corrected chi connectivity index (χ2v) is 7.86. The molecule has 1 unspecified atom stereocenters. The maximum atomic E-state index is 12.4. The second kappa shape index (κ2) is 8.28. The SMILES string of the molecule is CC(NC(=O)c1cccc(S(=O)(=O)NCC(F)(F)F)c1)c1ccccc1Cl. The zero-order valence-electron chi connectivity index (χ0n) is 14.0. The Labute approximate surface area is 159 Å². The van der Waals surface area contributed by atoms with Gasteiger partial charge in [0.05, 0.1) is 10.9 Å². The van der Waals surface area contributed by atoms with Gasteiger partial charge in [0.15, 0.2) is 0 Å². The molecule has 2 aromatic rings. The van der Waals surface area contributed by atoms with E-state index < -0.39 is 39.6 Å². The summed E-state index contributed by atoms with van der Waals surface area (Å²) in [7, 11) is -4.41. The normalized spacial score (nSPS) is 13.2. The minimum Gasteiger partial charge on any atom is -0.345 e. The van der Waals surface area contributed by atoms with Gasteiger partial charge in [-0.05, 0) is 36.8 Å². The van der Waals surface area contributed by atoms with Crippen LogP contribution in [0.25, 0.3) is 0 Å². The molecule has 10 heteroatoms. The highest BCUT2D eigenvalue weighted by atomic mass is 35.5. The molecule has 0 saturated carbocycles. The highest BCUT2D eigenvalue weighted by molar-refractivity contribution is 7.89. The lowest BCUT2D eigenvalue weighted by molar-refractivity contribution is -0.121. The Hall–Kier alpha value is -2.10. The van der Waals surface area contributed by atoms with E-state index >= 15 is 0 Å². The van der Waals surface area contributed by atoms with Crippen molar-refractivity contribution in [3.63, 3.8) is 0 Å². The minimum absolute atomic E-state index is 0.0104. The molecule has 0 heterocycles. The first-order valence-corrected chi connectivity index (χ1v) is 9.57. The molecule has 0 bridgehead atoms. The number of carbonyl (C=O) groups excluding carboxylic acids is 1. The van der Waals surface area contributed by atoms with Crippen LogP contribution in [0.4, 0.5) is 13.2 Å². The van der Waals surface area contributed by atoms with Crippen LogP contribution in [0.3, 0.4) is 0 Å². The fourth-order valence-electron chi connectivity index (χ4n) is 2.25. The van der Waals surface area contributed by atoms with Crippen LogP contribution in [0.5, 0.6) is 0 Å². The Balaban J connectivity index is 2.17. The van der Waals surface area contributed by atoms with Crippen LogP contribution in [0, 0.1) is 0 Å². The Morgan fingerprint density at radius 2 is 1.81 bits per heavy atom. The van der Waals surface area contributed by atoms with Crippen molar-refractivity contribution in [2.45, 2.75) is 24.0 Å². The Bertz CT molecular complexity index is 933. The summed E-state index contributed by atoms with van der Waals surface area (Å²) >= 11 is 6.07. The van der Waals surface area contributed by atoms with Crippen molar-refractivity contribution in [2.24, 2.45) is 0 Å². The fraction of sp³-hybridized carbons (Fsp3) is 0.235. The first-order valence-electron chi connectivity index (χ1n) is 7.71. The number of hydrogen-bond donors (Lipinski definition) is 2. The number of amides is 1. The van der Waals surface area contributed by atoms with Crippen molar-refractivity contribution in [2.75, 3.05) is 6.54 Å². The molecule has 2 aromatic carbocycles. The van der Waals surface area contributed by atoms with Gasteiger partial charge in [-0.1, -0.05) is 35.9 Å². The number of alkyl halides is 3. The molecule has 0 spiro atoms. The zero-order valence-corrected chi connectivity index (χ0v) is 15.6. The molecule has 0 aromatic heterocycles. The van der Waals surface area contributed by atoms with E-state index in [1.807, 2.05) is 0 Å². The standard InChI is InChI=1S/C17H16ClF3N2O3S/c1-11(14-7-2-3-8-15(14)18)23-16(24)12-5-4-6-13(9-12)27(25,26)22-10-17(19,20)21/h2-9,11,22H,10H2,1H3,(H,23,24). The van der Waals surface area contributed by atoms with E-state index in [0.29, 0.717) is 10.6 Å². The van der Waals surface area contributed by atoms with Gasteiger partial charge in [-0.25, -0.2) is 13.1 Å². The zero-order chi connectivity index (χ0) is 20.2. The number of nitrogens with one attached hydrogen (secondary N) is 2. The summed E-state index contributed by atoms with van der Waals surface area (Å²) < 4.78 is 62.2. The first-order chi connectivity index (χ1) is 12.5. The molecule has 0 aliphatic rings. The molecule has 2 rings (SSSR count). The average Bonchev–Trinajstić information content (AvgIpc) is 2.60. The summed E-state index contributed by atoms with van der Waals surface area (Å²) in [5.41, 5.74) is 0.659. The van der Waals surface area contributed by atoms with Crippen molar-refractivity contribution >= 4 is 27.5 Å². The lowest BCUT2D eigenvalue weighted by Gasteiger charge is -2.16. The van der Waals surface area contributed by atoms with Crippen LogP contribution in [0.15, 0.2) is 53.4 Å². The number of hydrogen-bond acceptors (Lipinski definition) is 3. The molecule has 1 amide bonds. The van der Waals surface area contributed by atoms with Gasteiger partial charge in [-0.3, -0.25) is 4.79 Å².